The van der Waals surface area contributed by atoms with Crippen molar-refractivity contribution >= 4 is 17.3 Å². The van der Waals surface area contributed by atoms with E-state index in [4.69, 9.17) is 11.6 Å². The van der Waals surface area contributed by atoms with Gasteiger partial charge in [0.25, 0.3) is 5.69 Å². The van der Waals surface area contributed by atoms with Gasteiger partial charge >= 0.3 is 0 Å². The molecule has 76 valence electrons. The van der Waals surface area contributed by atoms with Gasteiger partial charge in [-0.1, -0.05) is 0 Å². The van der Waals surface area contributed by atoms with Gasteiger partial charge in [-0.05, 0) is 13.8 Å². The molecule has 0 bridgehead atoms. The van der Waals surface area contributed by atoms with E-state index in [1.807, 2.05) is 0 Å². The monoisotopic (exact) mass is 214 g/mol. The minimum Gasteiger partial charge on any atom is -0.260 e. The maximum Gasteiger partial charge on any atom is 0.278 e. The standard InChI is InChI=1S/C9H11ClN2O2/c1-6-5-11-8(3-4-10)7(2)9(6)12(13)14/h5H,3-4H2,1-2H3. The van der Waals surface area contributed by atoms with Crippen molar-refractivity contribution in [2.75, 3.05) is 5.88 Å². The van der Waals surface area contributed by atoms with Gasteiger partial charge in [-0.2, -0.15) is 0 Å². The summed E-state index contributed by atoms with van der Waals surface area (Å²) in [5.41, 5.74) is 2.07. The van der Waals surface area contributed by atoms with Crippen molar-refractivity contribution in [2.24, 2.45) is 0 Å². The molecule has 0 atom stereocenters. The smallest absolute Gasteiger partial charge is 0.260 e. The molecular formula is C9H11ClN2O2. The SMILES string of the molecule is Cc1cnc(CCCl)c(C)c1[N+](=O)[O-]. The van der Waals surface area contributed by atoms with Crippen molar-refractivity contribution in [3.63, 3.8) is 0 Å². The number of pyridine rings is 1. The maximum absolute atomic E-state index is 10.7. The van der Waals surface area contributed by atoms with Crippen molar-refractivity contribution in [2.45, 2.75) is 20.3 Å². The fourth-order valence-electron chi connectivity index (χ4n) is 1.39. The Balaban J connectivity index is 3.26. The van der Waals surface area contributed by atoms with Gasteiger partial charge in [0.1, 0.15) is 0 Å². The molecule has 0 saturated heterocycles. The van der Waals surface area contributed by atoms with Crippen LogP contribution in [0.1, 0.15) is 16.8 Å². The number of rotatable bonds is 3. The average molecular weight is 215 g/mol. The van der Waals surface area contributed by atoms with Gasteiger partial charge in [0.05, 0.1) is 10.6 Å². The van der Waals surface area contributed by atoms with E-state index in [1.54, 1.807) is 13.8 Å². The third-order valence-corrected chi connectivity index (χ3v) is 2.28. The molecule has 0 amide bonds. The molecule has 0 spiro atoms. The second-order valence-electron chi connectivity index (χ2n) is 3.06. The largest absolute Gasteiger partial charge is 0.278 e. The van der Waals surface area contributed by atoms with Crippen LogP contribution in [0.15, 0.2) is 6.20 Å². The van der Waals surface area contributed by atoms with E-state index in [2.05, 4.69) is 4.98 Å². The summed E-state index contributed by atoms with van der Waals surface area (Å²) >= 11 is 5.57. The summed E-state index contributed by atoms with van der Waals surface area (Å²) in [6, 6.07) is 0. The second-order valence-corrected chi connectivity index (χ2v) is 3.44. The Kier molecular flexibility index (Phi) is 3.41. The molecule has 0 N–H and O–H groups in total. The van der Waals surface area contributed by atoms with Crippen LogP contribution in [-0.2, 0) is 6.42 Å². The van der Waals surface area contributed by atoms with Crippen molar-refractivity contribution < 1.29 is 4.92 Å². The predicted octanol–water partition coefficient (Wildman–Crippen LogP) is 2.39. The topological polar surface area (TPSA) is 56.0 Å². The second kappa shape index (κ2) is 4.37. The molecule has 0 fully saturated rings. The molecule has 14 heavy (non-hydrogen) atoms. The van der Waals surface area contributed by atoms with Gasteiger partial charge in [0.2, 0.25) is 0 Å². The zero-order valence-electron chi connectivity index (χ0n) is 8.08. The van der Waals surface area contributed by atoms with Gasteiger partial charge < -0.3 is 0 Å². The van der Waals surface area contributed by atoms with Crippen molar-refractivity contribution in [1.82, 2.24) is 4.98 Å². The molecule has 5 heteroatoms. The van der Waals surface area contributed by atoms with Crippen molar-refractivity contribution in [1.29, 1.82) is 0 Å². The Morgan fingerprint density at radius 1 is 1.57 bits per heavy atom. The highest BCUT2D eigenvalue weighted by Crippen LogP contribution is 2.24. The summed E-state index contributed by atoms with van der Waals surface area (Å²) in [7, 11) is 0. The normalized spacial score (nSPS) is 10.2. The molecule has 0 aliphatic heterocycles. The van der Waals surface area contributed by atoms with E-state index < -0.39 is 0 Å². The third-order valence-electron chi connectivity index (χ3n) is 2.09. The quantitative estimate of drug-likeness (QED) is 0.441. The molecule has 0 aliphatic rings. The first-order valence-electron chi connectivity index (χ1n) is 4.23. The lowest BCUT2D eigenvalue weighted by Gasteiger charge is -2.05. The molecule has 0 aromatic carbocycles. The first-order chi connectivity index (χ1) is 6.57. The van der Waals surface area contributed by atoms with Gasteiger partial charge in [0, 0.05) is 29.6 Å². The molecule has 0 saturated carbocycles. The summed E-state index contributed by atoms with van der Waals surface area (Å²) in [4.78, 5) is 14.5. The minimum absolute atomic E-state index is 0.153. The summed E-state index contributed by atoms with van der Waals surface area (Å²) < 4.78 is 0. The fourth-order valence-corrected chi connectivity index (χ4v) is 1.57. The van der Waals surface area contributed by atoms with Gasteiger partial charge in [-0.3, -0.25) is 15.1 Å². The molecule has 4 nitrogen and oxygen atoms in total. The number of nitrogens with zero attached hydrogens (tertiary/aromatic N) is 2. The Labute approximate surface area is 87.1 Å². The van der Waals surface area contributed by atoms with Gasteiger partial charge in [-0.15, -0.1) is 11.6 Å². The molecule has 1 aromatic heterocycles. The number of aromatic nitrogens is 1. The Hall–Kier alpha value is -1.16. The van der Waals surface area contributed by atoms with Crippen LogP contribution in [0, 0.1) is 24.0 Å². The summed E-state index contributed by atoms with van der Waals surface area (Å²) in [5.74, 6) is 0.425. The average Bonchev–Trinajstić information content (AvgIpc) is 2.10. The van der Waals surface area contributed by atoms with E-state index in [-0.39, 0.29) is 10.6 Å². The lowest BCUT2D eigenvalue weighted by molar-refractivity contribution is -0.386. The molecule has 0 aliphatic carbocycles. The van der Waals surface area contributed by atoms with Crippen LogP contribution in [0.2, 0.25) is 0 Å². The number of halogens is 1. The predicted molar refractivity (Wildman–Crippen MR) is 54.8 cm³/mol. The van der Waals surface area contributed by atoms with E-state index in [0.717, 1.165) is 0 Å². The van der Waals surface area contributed by atoms with Crippen LogP contribution in [0.3, 0.4) is 0 Å². The summed E-state index contributed by atoms with van der Waals surface area (Å²) in [5, 5.41) is 10.7. The van der Waals surface area contributed by atoms with E-state index in [0.29, 0.717) is 29.1 Å². The highest BCUT2D eigenvalue weighted by atomic mass is 35.5. The van der Waals surface area contributed by atoms with E-state index in [1.165, 1.54) is 6.20 Å². The number of hydrogen-bond acceptors (Lipinski definition) is 3. The maximum atomic E-state index is 10.7. The molecule has 1 rings (SSSR count). The molecule has 1 aromatic rings. The highest BCUT2D eigenvalue weighted by molar-refractivity contribution is 6.17. The number of hydrogen-bond donors (Lipinski definition) is 0. The number of aryl methyl sites for hydroxylation is 2. The Morgan fingerprint density at radius 2 is 2.21 bits per heavy atom. The molecule has 0 unspecified atom stereocenters. The van der Waals surface area contributed by atoms with E-state index >= 15 is 0 Å². The Morgan fingerprint density at radius 3 is 2.71 bits per heavy atom. The summed E-state index contributed by atoms with van der Waals surface area (Å²) in [6.07, 6.45) is 2.08. The Bertz CT molecular complexity index is 366. The van der Waals surface area contributed by atoms with Gasteiger partial charge in [0.15, 0.2) is 0 Å². The van der Waals surface area contributed by atoms with Crippen LogP contribution in [0.5, 0.6) is 0 Å². The van der Waals surface area contributed by atoms with Crippen LogP contribution in [-0.4, -0.2) is 15.8 Å². The van der Waals surface area contributed by atoms with Gasteiger partial charge in [-0.25, -0.2) is 0 Å². The number of nitro groups is 1. The third kappa shape index (κ3) is 2.01. The van der Waals surface area contributed by atoms with E-state index in [9.17, 15) is 10.1 Å². The summed E-state index contributed by atoms with van der Waals surface area (Å²) in [6.45, 7) is 3.39. The molecular weight excluding hydrogens is 204 g/mol. The van der Waals surface area contributed by atoms with Crippen molar-refractivity contribution in [3.8, 4) is 0 Å². The number of alkyl halides is 1. The zero-order chi connectivity index (χ0) is 10.7. The highest BCUT2D eigenvalue weighted by Gasteiger charge is 2.17. The molecule has 0 radical (unpaired) electrons. The van der Waals surface area contributed by atoms with Crippen molar-refractivity contribution in [3.05, 3.63) is 33.1 Å². The fraction of sp³-hybridized carbons (Fsp3) is 0.444. The van der Waals surface area contributed by atoms with Crippen LogP contribution < -0.4 is 0 Å². The first-order valence-corrected chi connectivity index (χ1v) is 4.76. The lowest BCUT2D eigenvalue weighted by atomic mass is 10.1. The van der Waals surface area contributed by atoms with Crippen LogP contribution >= 0.6 is 11.6 Å². The lowest BCUT2D eigenvalue weighted by Crippen LogP contribution is -2.02. The first kappa shape index (κ1) is 10.9. The zero-order valence-corrected chi connectivity index (χ0v) is 8.84. The molecule has 1 heterocycles. The van der Waals surface area contributed by atoms with Crippen LogP contribution in [0.4, 0.5) is 5.69 Å². The minimum atomic E-state index is -0.371. The van der Waals surface area contributed by atoms with Crippen LogP contribution in [0.25, 0.3) is 0 Å².